The fourth-order valence-corrected chi connectivity index (χ4v) is 3.12. The fourth-order valence-electron chi connectivity index (χ4n) is 3.12. The van der Waals surface area contributed by atoms with E-state index in [0.717, 1.165) is 44.2 Å². The highest BCUT2D eigenvalue weighted by Gasteiger charge is 2.34. The van der Waals surface area contributed by atoms with Gasteiger partial charge in [-0.15, -0.1) is 0 Å². The molecule has 0 unspecified atom stereocenters. The topological polar surface area (TPSA) is 93.2 Å². The zero-order valence-corrected chi connectivity index (χ0v) is 16.2. The summed E-state index contributed by atoms with van der Waals surface area (Å²) in [5, 5.41) is 5.95. The van der Waals surface area contributed by atoms with Gasteiger partial charge in [-0.2, -0.15) is 0 Å². The second-order valence-electron chi connectivity index (χ2n) is 8.05. The normalized spacial score (nSPS) is 17.1. The van der Waals surface area contributed by atoms with Gasteiger partial charge in [-0.05, 0) is 40.5 Å². The average Bonchev–Trinajstić information content (AvgIpc) is 2.77. The number of hydrogen-bond acceptors (Lipinski definition) is 5. The van der Waals surface area contributed by atoms with Crippen molar-refractivity contribution < 1.29 is 14.3 Å². The Bertz CT molecular complexity index is 615. The van der Waals surface area contributed by atoms with Crippen molar-refractivity contribution in [3.05, 3.63) is 23.8 Å². The Morgan fingerprint density at radius 3 is 2.31 bits per heavy atom. The van der Waals surface area contributed by atoms with Crippen LogP contribution in [0.3, 0.4) is 0 Å². The highest BCUT2D eigenvalue weighted by Crippen LogP contribution is 2.27. The van der Waals surface area contributed by atoms with Crippen molar-refractivity contribution in [2.75, 3.05) is 6.54 Å². The molecule has 144 valence electrons. The molecule has 0 atom stereocenters. The maximum atomic E-state index is 12.4. The molecule has 1 fully saturated rings. The van der Waals surface area contributed by atoms with Crippen LogP contribution in [0.15, 0.2) is 12.4 Å². The van der Waals surface area contributed by atoms with Gasteiger partial charge >= 0.3 is 6.09 Å². The number of amides is 2. The van der Waals surface area contributed by atoms with Crippen LogP contribution >= 0.6 is 0 Å². The second-order valence-corrected chi connectivity index (χ2v) is 8.05. The Labute approximate surface area is 155 Å². The SMILES string of the molecule is Cc1cnc(C(=O)NCC2(NC(=O)OC(C)(C)C)CCCCCC2)cn1. The first-order chi connectivity index (χ1) is 12.2. The van der Waals surface area contributed by atoms with Gasteiger partial charge in [0.15, 0.2) is 0 Å². The van der Waals surface area contributed by atoms with Gasteiger partial charge in [0.05, 0.1) is 17.4 Å². The van der Waals surface area contributed by atoms with E-state index in [0.29, 0.717) is 6.54 Å². The minimum Gasteiger partial charge on any atom is -0.444 e. The standard InChI is InChI=1S/C19H30N4O3/c1-14-11-21-15(12-20-14)16(24)22-13-19(9-7-5-6-8-10-19)23-17(25)26-18(2,3)4/h11-12H,5-10,13H2,1-4H3,(H,22,24)(H,23,25). The van der Waals surface area contributed by atoms with Crippen molar-refractivity contribution in [2.24, 2.45) is 0 Å². The Hall–Kier alpha value is -2.18. The van der Waals surface area contributed by atoms with E-state index in [1.54, 1.807) is 6.20 Å². The van der Waals surface area contributed by atoms with Crippen LogP contribution in [0.2, 0.25) is 0 Å². The number of rotatable bonds is 4. The summed E-state index contributed by atoms with van der Waals surface area (Å²) in [6, 6.07) is 0. The van der Waals surface area contributed by atoms with Crippen molar-refractivity contribution in [3.63, 3.8) is 0 Å². The molecule has 0 spiro atoms. The van der Waals surface area contributed by atoms with Crippen LogP contribution < -0.4 is 10.6 Å². The van der Waals surface area contributed by atoms with Gasteiger partial charge in [0.25, 0.3) is 5.91 Å². The predicted octanol–water partition coefficient (Wildman–Crippen LogP) is 3.13. The maximum absolute atomic E-state index is 12.4. The molecule has 1 aliphatic rings. The van der Waals surface area contributed by atoms with Gasteiger partial charge < -0.3 is 15.4 Å². The number of aromatic nitrogens is 2. The molecule has 7 heteroatoms. The highest BCUT2D eigenvalue weighted by molar-refractivity contribution is 5.92. The predicted molar refractivity (Wildman–Crippen MR) is 98.9 cm³/mol. The first kappa shape index (κ1) is 20.1. The van der Waals surface area contributed by atoms with E-state index < -0.39 is 17.2 Å². The number of alkyl carbamates (subject to hydrolysis) is 1. The van der Waals surface area contributed by atoms with E-state index in [1.165, 1.54) is 6.20 Å². The second kappa shape index (κ2) is 8.47. The van der Waals surface area contributed by atoms with Gasteiger partial charge in [0.2, 0.25) is 0 Å². The van der Waals surface area contributed by atoms with Crippen molar-refractivity contribution in [2.45, 2.75) is 77.4 Å². The molecule has 0 radical (unpaired) electrons. The summed E-state index contributed by atoms with van der Waals surface area (Å²) in [7, 11) is 0. The third-order valence-electron chi connectivity index (χ3n) is 4.43. The van der Waals surface area contributed by atoms with E-state index in [2.05, 4.69) is 20.6 Å². The summed E-state index contributed by atoms with van der Waals surface area (Å²) in [5.41, 5.74) is -0.0198. The molecule has 1 aliphatic carbocycles. The third kappa shape index (κ3) is 6.28. The van der Waals surface area contributed by atoms with Gasteiger partial charge in [0, 0.05) is 12.7 Å². The molecule has 1 saturated carbocycles. The van der Waals surface area contributed by atoms with Crippen LogP contribution in [0.1, 0.15) is 75.5 Å². The Balaban J connectivity index is 2.05. The molecule has 2 amide bonds. The molecule has 1 aromatic heterocycles. The lowest BCUT2D eigenvalue weighted by molar-refractivity contribution is 0.0437. The molecule has 7 nitrogen and oxygen atoms in total. The molecular weight excluding hydrogens is 332 g/mol. The first-order valence-electron chi connectivity index (χ1n) is 9.27. The van der Waals surface area contributed by atoms with E-state index in [4.69, 9.17) is 4.74 Å². The lowest BCUT2D eigenvalue weighted by Crippen LogP contribution is -2.56. The molecule has 0 bridgehead atoms. The number of nitrogens with one attached hydrogen (secondary N) is 2. The number of ether oxygens (including phenoxy) is 1. The number of hydrogen-bond donors (Lipinski definition) is 2. The van der Waals surface area contributed by atoms with Crippen molar-refractivity contribution >= 4 is 12.0 Å². The minimum absolute atomic E-state index is 0.275. The Morgan fingerprint density at radius 2 is 1.77 bits per heavy atom. The molecule has 2 N–H and O–H groups in total. The number of nitrogens with zero attached hydrogens (tertiary/aromatic N) is 2. The monoisotopic (exact) mass is 362 g/mol. The van der Waals surface area contributed by atoms with Gasteiger partial charge in [0.1, 0.15) is 11.3 Å². The molecule has 0 aromatic carbocycles. The Kier molecular flexibility index (Phi) is 6.56. The van der Waals surface area contributed by atoms with Crippen LogP contribution in [0.4, 0.5) is 4.79 Å². The molecule has 2 rings (SSSR count). The summed E-state index contributed by atoms with van der Waals surface area (Å²) in [4.78, 5) is 32.9. The van der Waals surface area contributed by atoms with Crippen molar-refractivity contribution in [1.29, 1.82) is 0 Å². The zero-order chi connectivity index (χ0) is 19.2. The van der Waals surface area contributed by atoms with Gasteiger partial charge in [-0.3, -0.25) is 9.78 Å². The first-order valence-corrected chi connectivity index (χ1v) is 9.27. The van der Waals surface area contributed by atoms with Crippen molar-refractivity contribution in [3.8, 4) is 0 Å². The maximum Gasteiger partial charge on any atom is 0.408 e. The van der Waals surface area contributed by atoms with E-state index in [-0.39, 0.29) is 11.6 Å². The number of carbonyl (C=O) groups is 2. The summed E-state index contributed by atoms with van der Waals surface area (Å²) in [5.74, 6) is -0.285. The summed E-state index contributed by atoms with van der Waals surface area (Å²) >= 11 is 0. The third-order valence-corrected chi connectivity index (χ3v) is 4.43. The van der Waals surface area contributed by atoms with Crippen LogP contribution in [-0.2, 0) is 4.74 Å². The van der Waals surface area contributed by atoms with Crippen LogP contribution in [0.5, 0.6) is 0 Å². The van der Waals surface area contributed by atoms with Crippen molar-refractivity contribution in [1.82, 2.24) is 20.6 Å². The molecule has 26 heavy (non-hydrogen) atoms. The summed E-state index contributed by atoms with van der Waals surface area (Å²) in [6.45, 7) is 7.68. The molecule has 1 heterocycles. The van der Waals surface area contributed by atoms with E-state index in [9.17, 15) is 9.59 Å². The smallest absolute Gasteiger partial charge is 0.408 e. The largest absolute Gasteiger partial charge is 0.444 e. The highest BCUT2D eigenvalue weighted by atomic mass is 16.6. The molecule has 0 saturated heterocycles. The van der Waals surface area contributed by atoms with Gasteiger partial charge in [-0.1, -0.05) is 25.7 Å². The van der Waals surface area contributed by atoms with Crippen LogP contribution in [-0.4, -0.2) is 39.7 Å². The Morgan fingerprint density at radius 1 is 1.12 bits per heavy atom. The zero-order valence-electron chi connectivity index (χ0n) is 16.2. The average molecular weight is 362 g/mol. The quantitative estimate of drug-likeness (QED) is 0.803. The molecule has 0 aliphatic heterocycles. The number of aryl methyl sites for hydroxylation is 1. The van der Waals surface area contributed by atoms with E-state index in [1.807, 2.05) is 27.7 Å². The number of carbonyl (C=O) groups excluding carboxylic acids is 2. The van der Waals surface area contributed by atoms with Crippen LogP contribution in [0, 0.1) is 6.92 Å². The summed E-state index contributed by atoms with van der Waals surface area (Å²) < 4.78 is 5.43. The summed E-state index contributed by atoms with van der Waals surface area (Å²) in [6.07, 6.45) is 8.50. The van der Waals surface area contributed by atoms with Crippen LogP contribution in [0.25, 0.3) is 0 Å². The fraction of sp³-hybridized carbons (Fsp3) is 0.684. The van der Waals surface area contributed by atoms with Gasteiger partial charge in [-0.25, -0.2) is 9.78 Å². The lowest BCUT2D eigenvalue weighted by atomic mass is 9.90. The van der Waals surface area contributed by atoms with E-state index >= 15 is 0 Å². The lowest BCUT2D eigenvalue weighted by Gasteiger charge is -2.35. The minimum atomic E-state index is -0.559. The molecular formula is C19H30N4O3. The molecule has 1 aromatic rings.